The SMILES string of the molecule is CCCNC(=O)CNC(=O)CSc1nnc(C2CC2)n1C1CC1. The molecule has 2 aliphatic carbocycles. The van der Waals surface area contributed by atoms with Crippen LogP contribution in [0.4, 0.5) is 0 Å². The number of amides is 2. The Labute approximate surface area is 140 Å². The van der Waals surface area contributed by atoms with Gasteiger partial charge in [-0.3, -0.25) is 9.59 Å². The summed E-state index contributed by atoms with van der Waals surface area (Å²) in [7, 11) is 0. The lowest BCUT2D eigenvalue weighted by Gasteiger charge is -2.08. The molecule has 0 atom stereocenters. The lowest BCUT2D eigenvalue weighted by molar-refractivity contribution is -0.124. The van der Waals surface area contributed by atoms with Crippen molar-refractivity contribution in [3.63, 3.8) is 0 Å². The van der Waals surface area contributed by atoms with Crippen LogP contribution in [0.3, 0.4) is 0 Å². The number of thioether (sulfide) groups is 1. The summed E-state index contributed by atoms with van der Waals surface area (Å²) in [5.74, 6) is 1.61. The second-order valence-electron chi connectivity index (χ2n) is 6.13. The zero-order valence-corrected chi connectivity index (χ0v) is 14.2. The molecular weight excluding hydrogens is 314 g/mol. The summed E-state index contributed by atoms with van der Waals surface area (Å²) in [6.45, 7) is 2.65. The molecule has 126 valence electrons. The lowest BCUT2D eigenvalue weighted by Crippen LogP contribution is -2.37. The first-order chi connectivity index (χ1) is 11.2. The van der Waals surface area contributed by atoms with Gasteiger partial charge in [-0.15, -0.1) is 10.2 Å². The summed E-state index contributed by atoms with van der Waals surface area (Å²) in [6, 6.07) is 0.519. The molecule has 0 spiro atoms. The van der Waals surface area contributed by atoms with E-state index in [0.29, 0.717) is 18.5 Å². The van der Waals surface area contributed by atoms with Crippen LogP contribution in [0.2, 0.25) is 0 Å². The molecule has 1 aromatic rings. The van der Waals surface area contributed by atoms with E-state index in [1.165, 1.54) is 37.4 Å². The minimum Gasteiger partial charge on any atom is -0.355 e. The van der Waals surface area contributed by atoms with Crippen LogP contribution < -0.4 is 10.6 Å². The Balaban J connectivity index is 1.46. The summed E-state index contributed by atoms with van der Waals surface area (Å²) in [5, 5.41) is 14.8. The van der Waals surface area contributed by atoms with E-state index in [0.717, 1.165) is 17.4 Å². The van der Waals surface area contributed by atoms with Crippen LogP contribution in [0.25, 0.3) is 0 Å². The normalized spacial score (nSPS) is 17.1. The summed E-state index contributed by atoms with van der Waals surface area (Å²) in [4.78, 5) is 23.3. The van der Waals surface area contributed by atoms with Gasteiger partial charge in [0.05, 0.1) is 12.3 Å². The highest BCUT2D eigenvalue weighted by Crippen LogP contribution is 2.45. The minimum absolute atomic E-state index is 0.0298. The average Bonchev–Trinajstić information content (AvgIpc) is 3.47. The van der Waals surface area contributed by atoms with Gasteiger partial charge in [0, 0.05) is 18.5 Å². The van der Waals surface area contributed by atoms with Crippen molar-refractivity contribution >= 4 is 23.6 Å². The number of nitrogens with one attached hydrogen (secondary N) is 2. The van der Waals surface area contributed by atoms with Gasteiger partial charge in [0.15, 0.2) is 5.16 Å². The topological polar surface area (TPSA) is 88.9 Å². The van der Waals surface area contributed by atoms with Crippen LogP contribution in [-0.4, -0.2) is 45.4 Å². The van der Waals surface area contributed by atoms with E-state index in [2.05, 4.69) is 25.4 Å². The number of nitrogens with zero attached hydrogens (tertiary/aromatic N) is 3. The zero-order chi connectivity index (χ0) is 16.2. The molecule has 0 radical (unpaired) electrons. The van der Waals surface area contributed by atoms with Gasteiger partial charge in [-0.2, -0.15) is 0 Å². The van der Waals surface area contributed by atoms with Crippen LogP contribution in [-0.2, 0) is 9.59 Å². The fourth-order valence-electron chi connectivity index (χ4n) is 2.37. The zero-order valence-electron chi connectivity index (χ0n) is 13.4. The highest BCUT2D eigenvalue weighted by atomic mass is 32.2. The summed E-state index contributed by atoms with van der Waals surface area (Å²) in [6.07, 6.45) is 5.63. The Morgan fingerprint density at radius 3 is 2.61 bits per heavy atom. The van der Waals surface area contributed by atoms with Gasteiger partial charge in [0.1, 0.15) is 5.82 Å². The van der Waals surface area contributed by atoms with Gasteiger partial charge in [0.2, 0.25) is 11.8 Å². The van der Waals surface area contributed by atoms with Crippen LogP contribution in [0.5, 0.6) is 0 Å². The van der Waals surface area contributed by atoms with Crippen molar-refractivity contribution in [2.75, 3.05) is 18.8 Å². The highest BCUT2D eigenvalue weighted by molar-refractivity contribution is 7.99. The van der Waals surface area contributed by atoms with Crippen molar-refractivity contribution in [2.45, 2.75) is 56.1 Å². The van der Waals surface area contributed by atoms with Crippen molar-refractivity contribution < 1.29 is 9.59 Å². The predicted octanol–water partition coefficient (Wildman–Crippen LogP) is 1.22. The molecule has 2 amide bonds. The molecule has 7 nitrogen and oxygen atoms in total. The molecule has 3 rings (SSSR count). The Bertz CT molecular complexity index is 580. The molecule has 23 heavy (non-hydrogen) atoms. The van der Waals surface area contributed by atoms with Crippen molar-refractivity contribution in [3.05, 3.63) is 5.82 Å². The first-order valence-corrected chi connectivity index (χ1v) is 9.28. The number of rotatable bonds is 9. The van der Waals surface area contributed by atoms with Gasteiger partial charge in [-0.25, -0.2) is 0 Å². The van der Waals surface area contributed by atoms with Crippen molar-refractivity contribution in [1.82, 2.24) is 25.4 Å². The number of hydrogen-bond acceptors (Lipinski definition) is 5. The molecule has 2 N–H and O–H groups in total. The maximum atomic E-state index is 11.9. The molecule has 0 bridgehead atoms. The summed E-state index contributed by atoms with van der Waals surface area (Å²) < 4.78 is 2.23. The van der Waals surface area contributed by atoms with Crippen LogP contribution in [0.1, 0.15) is 56.8 Å². The van der Waals surface area contributed by atoms with Crippen molar-refractivity contribution in [1.29, 1.82) is 0 Å². The average molecular weight is 337 g/mol. The third-order valence-electron chi connectivity index (χ3n) is 3.90. The van der Waals surface area contributed by atoms with Gasteiger partial charge in [-0.1, -0.05) is 18.7 Å². The summed E-state index contributed by atoms with van der Waals surface area (Å²) >= 11 is 1.40. The maximum Gasteiger partial charge on any atom is 0.239 e. The molecule has 2 fully saturated rings. The van der Waals surface area contributed by atoms with Gasteiger partial charge in [0.25, 0.3) is 0 Å². The first-order valence-electron chi connectivity index (χ1n) is 8.30. The Morgan fingerprint density at radius 2 is 1.96 bits per heavy atom. The van der Waals surface area contributed by atoms with E-state index >= 15 is 0 Å². The smallest absolute Gasteiger partial charge is 0.239 e. The maximum absolute atomic E-state index is 11.9. The molecule has 1 heterocycles. The third kappa shape index (κ3) is 4.46. The second-order valence-corrected chi connectivity index (χ2v) is 7.07. The molecule has 0 aliphatic heterocycles. The van der Waals surface area contributed by atoms with Crippen molar-refractivity contribution in [3.8, 4) is 0 Å². The van der Waals surface area contributed by atoms with E-state index in [1.807, 2.05) is 6.92 Å². The van der Waals surface area contributed by atoms with Gasteiger partial charge >= 0.3 is 0 Å². The minimum atomic E-state index is -0.153. The highest BCUT2D eigenvalue weighted by Gasteiger charge is 2.36. The molecule has 0 aromatic carbocycles. The quantitative estimate of drug-likeness (QED) is 0.662. The first kappa shape index (κ1) is 16.3. The van der Waals surface area contributed by atoms with Crippen LogP contribution >= 0.6 is 11.8 Å². The largest absolute Gasteiger partial charge is 0.355 e. The number of carbonyl (C=O) groups excluding carboxylic acids is 2. The number of hydrogen-bond donors (Lipinski definition) is 2. The number of aromatic nitrogens is 3. The van der Waals surface area contributed by atoms with Gasteiger partial charge in [-0.05, 0) is 32.1 Å². The van der Waals surface area contributed by atoms with E-state index in [9.17, 15) is 9.59 Å². The number of carbonyl (C=O) groups is 2. The molecule has 2 aliphatic rings. The van der Waals surface area contributed by atoms with E-state index in [1.54, 1.807) is 0 Å². The van der Waals surface area contributed by atoms with Crippen LogP contribution in [0.15, 0.2) is 5.16 Å². The Hall–Kier alpha value is -1.57. The fourth-order valence-corrected chi connectivity index (χ4v) is 3.21. The van der Waals surface area contributed by atoms with E-state index in [4.69, 9.17) is 0 Å². The molecule has 0 saturated heterocycles. The third-order valence-corrected chi connectivity index (χ3v) is 4.84. The lowest BCUT2D eigenvalue weighted by atomic mass is 10.4. The second kappa shape index (κ2) is 7.33. The molecule has 2 saturated carbocycles. The molecule has 1 aromatic heterocycles. The fraction of sp³-hybridized carbons (Fsp3) is 0.733. The molecule has 0 unspecified atom stereocenters. The summed E-state index contributed by atoms with van der Waals surface area (Å²) in [5.41, 5.74) is 0. The van der Waals surface area contributed by atoms with E-state index in [-0.39, 0.29) is 24.1 Å². The molecule has 8 heteroatoms. The predicted molar refractivity (Wildman–Crippen MR) is 87.3 cm³/mol. The standard InChI is InChI=1S/C15H23N5O2S/c1-2-7-16-12(21)8-17-13(22)9-23-15-19-18-14(10-3-4-10)20(15)11-5-6-11/h10-11H,2-9H2,1H3,(H,16,21)(H,17,22). The van der Waals surface area contributed by atoms with Crippen molar-refractivity contribution in [2.24, 2.45) is 0 Å². The van der Waals surface area contributed by atoms with Crippen LogP contribution in [0, 0.1) is 0 Å². The monoisotopic (exact) mass is 337 g/mol. The van der Waals surface area contributed by atoms with Gasteiger partial charge < -0.3 is 15.2 Å². The Morgan fingerprint density at radius 1 is 1.17 bits per heavy atom. The molecular formula is C15H23N5O2S. The Kier molecular flexibility index (Phi) is 5.20. The van der Waals surface area contributed by atoms with E-state index < -0.39 is 0 Å².